The third-order valence-electron chi connectivity index (χ3n) is 3.00. The summed E-state index contributed by atoms with van der Waals surface area (Å²) in [6.07, 6.45) is 0. The Morgan fingerprint density at radius 2 is 1.62 bits per heavy atom. The summed E-state index contributed by atoms with van der Waals surface area (Å²) in [5, 5.41) is 14.8. The molecule has 2 aromatic carbocycles. The van der Waals surface area contributed by atoms with Gasteiger partial charge in [-0.3, -0.25) is 0 Å². The van der Waals surface area contributed by atoms with Gasteiger partial charge < -0.3 is 9.62 Å². The molecule has 21 heavy (non-hydrogen) atoms. The fourth-order valence-corrected chi connectivity index (χ4v) is 2.69. The van der Waals surface area contributed by atoms with Gasteiger partial charge in [0.05, 0.1) is 5.02 Å². The van der Waals surface area contributed by atoms with E-state index in [-0.39, 0.29) is 0 Å². The lowest BCUT2D eigenvalue weighted by Crippen LogP contribution is -2.03. The van der Waals surface area contributed by atoms with E-state index in [9.17, 15) is 5.21 Å². The maximum Gasteiger partial charge on any atom is 0.155 e. The molecule has 6 heteroatoms. The standard InChI is InChI=1S/C15H8Cl3NO2/c16-9-3-1-8(2-4-9)14-7-13(19-20)11-5-10(17)6-12(18)15(11)21-14/h1-7,20H/b19-13-. The summed E-state index contributed by atoms with van der Waals surface area (Å²) in [4.78, 5) is 0. The lowest BCUT2D eigenvalue weighted by Gasteiger charge is -2.06. The van der Waals surface area contributed by atoms with E-state index in [2.05, 4.69) is 5.16 Å². The number of benzene rings is 2. The molecule has 0 aliphatic rings. The van der Waals surface area contributed by atoms with Crippen LogP contribution >= 0.6 is 34.8 Å². The van der Waals surface area contributed by atoms with Crippen molar-refractivity contribution in [2.45, 2.75) is 0 Å². The highest BCUT2D eigenvalue weighted by atomic mass is 35.5. The van der Waals surface area contributed by atoms with Gasteiger partial charge in [0.1, 0.15) is 11.1 Å². The van der Waals surface area contributed by atoms with Crippen LogP contribution in [-0.2, 0) is 0 Å². The third kappa shape index (κ3) is 2.72. The van der Waals surface area contributed by atoms with Gasteiger partial charge in [-0.15, -0.1) is 0 Å². The highest BCUT2D eigenvalue weighted by Gasteiger charge is 2.10. The summed E-state index contributed by atoms with van der Waals surface area (Å²) in [5.74, 6) is 0.510. The molecule has 106 valence electrons. The van der Waals surface area contributed by atoms with Crippen LogP contribution in [0.2, 0.25) is 15.1 Å². The Morgan fingerprint density at radius 1 is 0.905 bits per heavy atom. The first kappa shape index (κ1) is 14.3. The van der Waals surface area contributed by atoms with Gasteiger partial charge in [0.15, 0.2) is 5.58 Å². The molecule has 0 bridgehead atoms. The SMILES string of the molecule is O/N=c1/cc(-c2ccc(Cl)cc2)oc2c(Cl)cc(Cl)cc12. The number of halogens is 3. The number of hydrogen-bond donors (Lipinski definition) is 1. The fraction of sp³-hybridized carbons (Fsp3) is 0. The molecule has 3 rings (SSSR count). The van der Waals surface area contributed by atoms with Gasteiger partial charge in [-0.25, -0.2) is 0 Å². The highest BCUT2D eigenvalue weighted by molar-refractivity contribution is 6.38. The Kier molecular flexibility index (Phi) is 3.81. The van der Waals surface area contributed by atoms with Crippen LogP contribution in [0.5, 0.6) is 0 Å². The van der Waals surface area contributed by atoms with Crippen molar-refractivity contribution in [3.05, 3.63) is 62.9 Å². The van der Waals surface area contributed by atoms with Crippen molar-refractivity contribution in [2.75, 3.05) is 0 Å². The van der Waals surface area contributed by atoms with Gasteiger partial charge in [0, 0.05) is 27.1 Å². The van der Waals surface area contributed by atoms with Gasteiger partial charge in [0.25, 0.3) is 0 Å². The van der Waals surface area contributed by atoms with Gasteiger partial charge in [0.2, 0.25) is 0 Å². The lowest BCUT2D eigenvalue weighted by molar-refractivity contribution is 0.302. The highest BCUT2D eigenvalue weighted by Crippen LogP contribution is 2.30. The summed E-state index contributed by atoms with van der Waals surface area (Å²) in [7, 11) is 0. The average Bonchev–Trinajstić information content (AvgIpc) is 2.47. The van der Waals surface area contributed by atoms with E-state index in [1.165, 1.54) is 0 Å². The topological polar surface area (TPSA) is 45.7 Å². The molecule has 0 saturated carbocycles. The molecular weight excluding hydrogens is 333 g/mol. The minimum atomic E-state index is 0.325. The molecule has 1 N–H and O–H groups in total. The normalized spacial score (nSPS) is 12.0. The zero-order valence-electron chi connectivity index (χ0n) is 10.5. The number of rotatable bonds is 1. The zero-order chi connectivity index (χ0) is 15.0. The van der Waals surface area contributed by atoms with Crippen LogP contribution in [0.4, 0.5) is 0 Å². The number of nitrogens with zero attached hydrogens (tertiary/aromatic N) is 1. The fourth-order valence-electron chi connectivity index (χ4n) is 2.03. The third-order valence-corrected chi connectivity index (χ3v) is 3.75. The van der Waals surface area contributed by atoms with Crippen molar-refractivity contribution in [3.8, 4) is 11.3 Å². The quantitative estimate of drug-likeness (QED) is 0.479. The van der Waals surface area contributed by atoms with Crippen LogP contribution in [0, 0.1) is 0 Å². The van der Waals surface area contributed by atoms with Crippen LogP contribution in [0.1, 0.15) is 0 Å². The molecule has 0 aliphatic heterocycles. The van der Waals surface area contributed by atoms with E-state index in [0.29, 0.717) is 37.2 Å². The van der Waals surface area contributed by atoms with E-state index in [0.717, 1.165) is 5.56 Å². The number of fused-ring (bicyclic) bond motifs is 1. The molecule has 0 aliphatic carbocycles. The van der Waals surface area contributed by atoms with Crippen molar-refractivity contribution < 1.29 is 9.62 Å². The summed E-state index contributed by atoms with van der Waals surface area (Å²) >= 11 is 18.0. The van der Waals surface area contributed by atoms with Gasteiger partial charge in [-0.2, -0.15) is 0 Å². The Labute approximate surface area is 135 Å². The van der Waals surface area contributed by atoms with Gasteiger partial charge in [-0.1, -0.05) is 40.0 Å². The van der Waals surface area contributed by atoms with Crippen LogP contribution in [0.15, 0.2) is 52.0 Å². The summed E-state index contributed by atoms with van der Waals surface area (Å²) < 4.78 is 5.81. The molecule has 3 aromatic rings. The molecule has 0 unspecified atom stereocenters. The molecule has 3 nitrogen and oxygen atoms in total. The Hall–Kier alpha value is -1.68. The van der Waals surface area contributed by atoms with Crippen LogP contribution < -0.4 is 5.36 Å². The molecular formula is C15H8Cl3NO2. The van der Waals surface area contributed by atoms with Crippen molar-refractivity contribution in [2.24, 2.45) is 5.16 Å². The van der Waals surface area contributed by atoms with E-state index in [1.54, 1.807) is 42.5 Å². The smallest absolute Gasteiger partial charge is 0.155 e. The van der Waals surface area contributed by atoms with Gasteiger partial charge in [-0.05, 0) is 36.4 Å². The average molecular weight is 341 g/mol. The minimum Gasteiger partial charge on any atom is -0.454 e. The van der Waals surface area contributed by atoms with Crippen molar-refractivity contribution in [3.63, 3.8) is 0 Å². The second-order valence-electron chi connectivity index (χ2n) is 4.37. The molecule has 1 heterocycles. The number of hydrogen-bond acceptors (Lipinski definition) is 3. The second-order valence-corrected chi connectivity index (χ2v) is 5.65. The molecule has 1 aromatic heterocycles. The van der Waals surface area contributed by atoms with E-state index in [1.807, 2.05) is 0 Å². The van der Waals surface area contributed by atoms with Crippen LogP contribution in [0.25, 0.3) is 22.3 Å². The summed E-state index contributed by atoms with van der Waals surface area (Å²) in [5.41, 5.74) is 1.19. The van der Waals surface area contributed by atoms with E-state index < -0.39 is 0 Å². The van der Waals surface area contributed by atoms with E-state index >= 15 is 0 Å². The maximum absolute atomic E-state index is 9.21. The Morgan fingerprint density at radius 3 is 2.29 bits per heavy atom. The molecule has 0 saturated heterocycles. The first-order chi connectivity index (χ1) is 10.1. The molecule has 0 atom stereocenters. The van der Waals surface area contributed by atoms with Gasteiger partial charge >= 0.3 is 0 Å². The zero-order valence-corrected chi connectivity index (χ0v) is 12.7. The van der Waals surface area contributed by atoms with Crippen molar-refractivity contribution in [1.29, 1.82) is 0 Å². The van der Waals surface area contributed by atoms with Crippen molar-refractivity contribution in [1.82, 2.24) is 0 Å². The first-order valence-electron chi connectivity index (χ1n) is 5.95. The molecule has 0 spiro atoms. The molecule has 0 radical (unpaired) electrons. The monoisotopic (exact) mass is 339 g/mol. The second kappa shape index (κ2) is 5.60. The largest absolute Gasteiger partial charge is 0.454 e. The van der Waals surface area contributed by atoms with Crippen LogP contribution in [-0.4, -0.2) is 5.21 Å². The predicted molar refractivity (Wildman–Crippen MR) is 84.0 cm³/mol. The first-order valence-corrected chi connectivity index (χ1v) is 7.09. The summed E-state index contributed by atoms with van der Waals surface area (Å²) in [6.45, 7) is 0. The predicted octanol–water partition coefficient (Wildman–Crippen LogP) is 5.35. The van der Waals surface area contributed by atoms with E-state index in [4.69, 9.17) is 39.2 Å². The van der Waals surface area contributed by atoms with Crippen molar-refractivity contribution >= 4 is 45.8 Å². The van der Waals surface area contributed by atoms with Crippen LogP contribution in [0.3, 0.4) is 0 Å². The maximum atomic E-state index is 9.21. The molecule has 0 fully saturated rings. The molecule has 0 amide bonds. The summed E-state index contributed by atoms with van der Waals surface area (Å²) in [6, 6.07) is 11.9. The Bertz CT molecular complexity index is 886. The minimum absolute atomic E-state index is 0.325. The lowest BCUT2D eigenvalue weighted by atomic mass is 10.1. The Balaban J connectivity index is 2.34.